The molecular weight excluding hydrogens is 257 g/mol. The highest BCUT2D eigenvalue weighted by molar-refractivity contribution is 6.36. The molecule has 2 rings (SSSR count). The molecule has 86 valence electrons. The van der Waals surface area contributed by atoms with Crippen LogP contribution < -0.4 is 0 Å². The summed E-state index contributed by atoms with van der Waals surface area (Å²) in [7, 11) is 0. The summed E-state index contributed by atoms with van der Waals surface area (Å²) >= 11 is 11.7. The molecule has 0 saturated heterocycles. The Morgan fingerprint density at radius 2 is 1.76 bits per heavy atom. The van der Waals surface area contributed by atoms with Gasteiger partial charge in [0.15, 0.2) is 0 Å². The SMILES string of the molecule is Oc1c(Cl)cc(Cl)cc1C=Nc1ccccc1. The van der Waals surface area contributed by atoms with Crippen LogP contribution >= 0.6 is 23.2 Å². The fraction of sp³-hybridized carbons (Fsp3) is 0. The number of hydrogen-bond acceptors (Lipinski definition) is 2. The van der Waals surface area contributed by atoms with Crippen LogP contribution in [0.25, 0.3) is 0 Å². The van der Waals surface area contributed by atoms with Crippen LogP contribution in [-0.2, 0) is 0 Å². The molecule has 0 aliphatic heterocycles. The average molecular weight is 266 g/mol. The van der Waals surface area contributed by atoms with E-state index in [0.717, 1.165) is 5.69 Å². The molecule has 0 unspecified atom stereocenters. The Bertz CT molecular complexity index is 553. The van der Waals surface area contributed by atoms with Crippen molar-refractivity contribution < 1.29 is 5.11 Å². The molecule has 1 N–H and O–H groups in total. The van der Waals surface area contributed by atoms with Crippen LogP contribution in [0.4, 0.5) is 5.69 Å². The van der Waals surface area contributed by atoms with Crippen molar-refractivity contribution in [3.8, 4) is 5.75 Å². The van der Waals surface area contributed by atoms with E-state index in [0.29, 0.717) is 10.6 Å². The van der Waals surface area contributed by atoms with Gasteiger partial charge in [-0.1, -0.05) is 41.4 Å². The molecule has 0 amide bonds. The second kappa shape index (κ2) is 5.21. The highest BCUT2D eigenvalue weighted by Crippen LogP contribution is 2.30. The van der Waals surface area contributed by atoms with Gasteiger partial charge in [0.2, 0.25) is 0 Å². The minimum Gasteiger partial charge on any atom is -0.506 e. The zero-order valence-electron chi connectivity index (χ0n) is 8.77. The summed E-state index contributed by atoms with van der Waals surface area (Å²) in [6.45, 7) is 0. The lowest BCUT2D eigenvalue weighted by molar-refractivity contribution is 0.475. The lowest BCUT2D eigenvalue weighted by Crippen LogP contribution is -1.83. The Balaban J connectivity index is 2.33. The normalized spacial score (nSPS) is 10.9. The molecule has 2 aromatic rings. The standard InChI is InChI=1S/C13H9Cl2NO/c14-10-6-9(13(17)12(15)7-10)8-16-11-4-2-1-3-5-11/h1-8,17H. The fourth-order valence-corrected chi connectivity index (χ4v) is 1.85. The third-order valence-corrected chi connectivity index (χ3v) is 2.67. The third kappa shape index (κ3) is 2.99. The number of halogens is 2. The van der Waals surface area contributed by atoms with E-state index in [1.807, 2.05) is 30.3 Å². The predicted octanol–water partition coefficient (Wildman–Crippen LogP) is 4.45. The molecule has 0 spiro atoms. The van der Waals surface area contributed by atoms with Gasteiger partial charge in [-0.2, -0.15) is 0 Å². The first-order chi connectivity index (χ1) is 8.16. The summed E-state index contributed by atoms with van der Waals surface area (Å²) in [5, 5.41) is 10.4. The largest absolute Gasteiger partial charge is 0.506 e. The lowest BCUT2D eigenvalue weighted by Gasteiger charge is -2.02. The quantitative estimate of drug-likeness (QED) is 0.800. The Morgan fingerprint density at radius 3 is 2.47 bits per heavy atom. The molecule has 0 bridgehead atoms. The van der Waals surface area contributed by atoms with Gasteiger partial charge in [-0.3, -0.25) is 4.99 Å². The number of rotatable bonds is 2. The Labute approximate surface area is 109 Å². The lowest BCUT2D eigenvalue weighted by atomic mass is 10.2. The summed E-state index contributed by atoms with van der Waals surface area (Å²) in [5.41, 5.74) is 1.29. The summed E-state index contributed by atoms with van der Waals surface area (Å²) in [4.78, 5) is 4.22. The second-order valence-corrected chi connectivity index (χ2v) is 4.26. The average Bonchev–Trinajstić information content (AvgIpc) is 2.33. The molecule has 17 heavy (non-hydrogen) atoms. The zero-order chi connectivity index (χ0) is 12.3. The molecule has 0 saturated carbocycles. The van der Waals surface area contributed by atoms with Gasteiger partial charge in [0.05, 0.1) is 10.7 Å². The van der Waals surface area contributed by atoms with Gasteiger partial charge in [-0.05, 0) is 24.3 Å². The van der Waals surface area contributed by atoms with Crippen LogP contribution in [0.1, 0.15) is 5.56 Å². The molecular formula is C13H9Cl2NO. The fourth-order valence-electron chi connectivity index (χ4n) is 1.34. The highest BCUT2D eigenvalue weighted by atomic mass is 35.5. The summed E-state index contributed by atoms with van der Waals surface area (Å²) < 4.78 is 0. The van der Waals surface area contributed by atoms with Gasteiger partial charge in [0, 0.05) is 16.8 Å². The van der Waals surface area contributed by atoms with Crippen molar-refractivity contribution >= 4 is 35.1 Å². The first-order valence-electron chi connectivity index (χ1n) is 4.94. The van der Waals surface area contributed by atoms with Gasteiger partial charge in [-0.15, -0.1) is 0 Å². The maximum absolute atomic E-state index is 9.72. The van der Waals surface area contributed by atoms with E-state index in [1.165, 1.54) is 12.3 Å². The summed E-state index contributed by atoms with van der Waals surface area (Å²) in [5.74, 6) is -0.0178. The predicted molar refractivity (Wildman–Crippen MR) is 71.8 cm³/mol. The monoisotopic (exact) mass is 265 g/mol. The van der Waals surface area contributed by atoms with Crippen LogP contribution in [-0.4, -0.2) is 11.3 Å². The Hall–Kier alpha value is -1.51. The van der Waals surface area contributed by atoms with Crippen molar-refractivity contribution in [2.75, 3.05) is 0 Å². The van der Waals surface area contributed by atoms with E-state index < -0.39 is 0 Å². The van der Waals surface area contributed by atoms with Crippen LogP contribution in [0.15, 0.2) is 47.5 Å². The smallest absolute Gasteiger partial charge is 0.143 e. The molecule has 0 aromatic heterocycles. The van der Waals surface area contributed by atoms with Gasteiger partial charge < -0.3 is 5.11 Å². The van der Waals surface area contributed by atoms with E-state index >= 15 is 0 Å². The summed E-state index contributed by atoms with van der Waals surface area (Å²) in [6.07, 6.45) is 1.53. The summed E-state index contributed by atoms with van der Waals surface area (Å²) in [6, 6.07) is 12.5. The number of para-hydroxylation sites is 1. The maximum Gasteiger partial charge on any atom is 0.143 e. The van der Waals surface area contributed by atoms with Crippen molar-refractivity contribution in [2.24, 2.45) is 4.99 Å². The van der Waals surface area contributed by atoms with Gasteiger partial charge in [0.25, 0.3) is 0 Å². The van der Waals surface area contributed by atoms with Crippen molar-refractivity contribution in [2.45, 2.75) is 0 Å². The molecule has 0 radical (unpaired) electrons. The van der Waals surface area contributed by atoms with Crippen molar-refractivity contribution in [1.29, 1.82) is 0 Å². The van der Waals surface area contributed by atoms with E-state index in [2.05, 4.69) is 4.99 Å². The Morgan fingerprint density at radius 1 is 1.06 bits per heavy atom. The number of nitrogens with zero attached hydrogens (tertiary/aromatic N) is 1. The van der Waals surface area contributed by atoms with Gasteiger partial charge in [0.1, 0.15) is 5.75 Å². The molecule has 0 fully saturated rings. The number of phenols is 1. The van der Waals surface area contributed by atoms with Crippen LogP contribution in [0, 0.1) is 0 Å². The molecule has 4 heteroatoms. The topological polar surface area (TPSA) is 32.6 Å². The second-order valence-electron chi connectivity index (χ2n) is 3.42. The first-order valence-corrected chi connectivity index (χ1v) is 5.69. The molecule has 2 aromatic carbocycles. The maximum atomic E-state index is 9.72. The van der Waals surface area contributed by atoms with Gasteiger partial charge >= 0.3 is 0 Å². The molecule has 2 nitrogen and oxygen atoms in total. The van der Waals surface area contributed by atoms with E-state index in [-0.39, 0.29) is 10.8 Å². The van der Waals surface area contributed by atoms with Crippen molar-refractivity contribution in [3.05, 3.63) is 58.1 Å². The molecule has 0 aliphatic carbocycles. The number of aromatic hydroxyl groups is 1. The van der Waals surface area contributed by atoms with Crippen molar-refractivity contribution in [3.63, 3.8) is 0 Å². The van der Waals surface area contributed by atoms with Crippen LogP contribution in [0.3, 0.4) is 0 Å². The number of aliphatic imine (C=N–C) groups is 1. The van der Waals surface area contributed by atoms with Gasteiger partial charge in [-0.25, -0.2) is 0 Å². The van der Waals surface area contributed by atoms with E-state index in [9.17, 15) is 5.11 Å². The number of hydrogen-bond donors (Lipinski definition) is 1. The first kappa shape index (κ1) is 12.0. The molecule has 0 aliphatic rings. The number of phenolic OH excluding ortho intramolecular Hbond substituents is 1. The van der Waals surface area contributed by atoms with Crippen LogP contribution in [0.5, 0.6) is 5.75 Å². The number of benzene rings is 2. The molecule has 0 atom stereocenters. The minimum atomic E-state index is -0.0178. The van der Waals surface area contributed by atoms with Crippen LogP contribution in [0.2, 0.25) is 10.0 Å². The zero-order valence-corrected chi connectivity index (χ0v) is 10.3. The molecule has 0 heterocycles. The minimum absolute atomic E-state index is 0.0178. The highest BCUT2D eigenvalue weighted by Gasteiger charge is 2.05. The Kier molecular flexibility index (Phi) is 3.67. The van der Waals surface area contributed by atoms with Crippen molar-refractivity contribution in [1.82, 2.24) is 0 Å². The third-order valence-electron chi connectivity index (χ3n) is 2.17. The van der Waals surface area contributed by atoms with E-state index in [4.69, 9.17) is 23.2 Å². The van der Waals surface area contributed by atoms with E-state index in [1.54, 1.807) is 6.07 Å².